The van der Waals surface area contributed by atoms with Gasteiger partial charge in [0, 0.05) is 17.6 Å². The van der Waals surface area contributed by atoms with E-state index in [0.29, 0.717) is 43.0 Å². The van der Waals surface area contributed by atoms with E-state index in [0.717, 1.165) is 11.1 Å². The second-order valence-corrected chi connectivity index (χ2v) is 8.74. The molecule has 0 radical (unpaired) electrons. The molecular formula is C22H28F3N3O3. The first-order chi connectivity index (χ1) is 14.4. The maximum Gasteiger partial charge on any atom is 0.405 e. The number of carbonyl (C=O) groups excluding carboxylic acids is 1. The minimum Gasteiger partial charge on any atom is -0.376 e. The summed E-state index contributed by atoms with van der Waals surface area (Å²) in [6, 6.07) is 4.97. The molecule has 0 bridgehead atoms. The number of rotatable bonds is 5. The highest BCUT2D eigenvalue weighted by atomic mass is 19.4. The first kappa shape index (κ1) is 23.3. The predicted octanol–water partition coefficient (Wildman–Crippen LogP) is 3.96. The molecule has 1 aliphatic heterocycles. The highest BCUT2D eigenvalue weighted by molar-refractivity contribution is 5.97. The third-order valence-corrected chi connectivity index (χ3v) is 5.03. The van der Waals surface area contributed by atoms with Crippen LogP contribution in [0.2, 0.25) is 0 Å². The molecule has 1 aromatic carbocycles. The van der Waals surface area contributed by atoms with Crippen molar-refractivity contribution >= 4 is 22.5 Å². The van der Waals surface area contributed by atoms with Gasteiger partial charge in [-0.2, -0.15) is 13.2 Å². The Morgan fingerprint density at radius 1 is 1.19 bits per heavy atom. The van der Waals surface area contributed by atoms with Crippen LogP contribution in [0.5, 0.6) is 0 Å². The first-order valence-corrected chi connectivity index (χ1v) is 10.2. The topological polar surface area (TPSA) is 72.5 Å². The fourth-order valence-corrected chi connectivity index (χ4v) is 3.43. The van der Waals surface area contributed by atoms with E-state index in [1.165, 1.54) is 0 Å². The van der Waals surface area contributed by atoms with Crippen LogP contribution >= 0.6 is 0 Å². The summed E-state index contributed by atoms with van der Waals surface area (Å²) in [4.78, 5) is 17.3. The lowest BCUT2D eigenvalue weighted by Gasteiger charge is -2.24. The van der Waals surface area contributed by atoms with Crippen molar-refractivity contribution in [3.8, 4) is 0 Å². The smallest absolute Gasteiger partial charge is 0.376 e. The molecule has 6 nitrogen and oxygen atoms in total. The Bertz CT molecular complexity index is 949. The largest absolute Gasteiger partial charge is 0.405 e. The van der Waals surface area contributed by atoms with Crippen molar-refractivity contribution in [3.63, 3.8) is 0 Å². The normalized spacial score (nSPS) is 17.6. The number of benzene rings is 1. The summed E-state index contributed by atoms with van der Waals surface area (Å²) < 4.78 is 48.9. The number of anilines is 1. The third kappa shape index (κ3) is 6.07. The van der Waals surface area contributed by atoms with Crippen LogP contribution in [-0.4, -0.2) is 56.1 Å². The number of ether oxygens (including phenoxy) is 2. The van der Waals surface area contributed by atoms with Crippen molar-refractivity contribution in [1.29, 1.82) is 0 Å². The summed E-state index contributed by atoms with van der Waals surface area (Å²) in [6.45, 7) is 8.34. The van der Waals surface area contributed by atoms with Crippen LogP contribution in [0.4, 0.5) is 18.9 Å². The summed E-state index contributed by atoms with van der Waals surface area (Å²) in [5.41, 5.74) is 2.35. The zero-order valence-corrected chi connectivity index (χ0v) is 18.2. The van der Waals surface area contributed by atoms with Gasteiger partial charge in [-0.15, -0.1) is 0 Å². The second kappa shape index (κ2) is 9.00. The van der Waals surface area contributed by atoms with E-state index in [1.54, 1.807) is 18.2 Å². The van der Waals surface area contributed by atoms with Crippen LogP contribution in [-0.2, 0) is 14.9 Å². The molecule has 31 heavy (non-hydrogen) atoms. The van der Waals surface area contributed by atoms with Gasteiger partial charge in [-0.1, -0.05) is 20.8 Å². The highest BCUT2D eigenvalue weighted by Crippen LogP contribution is 2.34. The SMILES string of the molecule is Cc1cc(C(=O)NCC2COCCO2)nc2c(C(C)(C)C)cc(NCC(F)(F)F)cc12. The van der Waals surface area contributed by atoms with E-state index in [1.807, 2.05) is 27.7 Å². The maximum atomic E-state index is 12.7. The molecule has 3 rings (SSSR count). The lowest BCUT2D eigenvalue weighted by Crippen LogP contribution is -2.40. The van der Waals surface area contributed by atoms with Crippen LogP contribution in [0, 0.1) is 6.92 Å². The van der Waals surface area contributed by atoms with Crippen LogP contribution in [0.15, 0.2) is 18.2 Å². The number of hydrogen-bond donors (Lipinski definition) is 2. The fraction of sp³-hybridized carbons (Fsp3) is 0.545. The Labute approximate surface area is 179 Å². The van der Waals surface area contributed by atoms with Crippen LogP contribution < -0.4 is 10.6 Å². The van der Waals surface area contributed by atoms with E-state index in [2.05, 4.69) is 15.6 Å². The molecule has 1 aliphatic rings. The van der Waals surface area contributed by atoms with Gasteiger partial charge in [0.15, 0.2) is 0 Å². The summed E-state index contributed by atoms with van der Waals surface area (Å²) in [6.07, 6.45) is -4.52. The van der Waals surface area contributed by atoms with Gasteiger partial charge < -0.3 is 20.1 Å². The number of pyridine rings is 1. The van der Waals surface area contributed by atoms with Crippen molar-refractivity contribution in [2.45, 2.75) is 45.4 Å². The summed E-state index contributed by atoms with van der Waals surface area (Å²) in [5.74, 6) is -0.335. The Kier molecular flexibility index (Phi) is 6.76. The van der Waals surface area contributed by atoms with Gasteiger partial charge in [0.25, 0.3) is 5.91 Å². The van der Waals surface area contributed by atoms with Crippen LogP contribution in [0.3, 0.4) is 0 Å². The van der Waals surface area contributed by atoms with Gasteiger partial charge in [0.1, 0.15) is 12.2 Å². The quantitative estimate of drug-likeness (QED) is 0.738. The summed E-state index contributed by atoms with van der Waals surface area (Å²) in [7, 11) is 0. The zero-order valence-electron chi connectivity index (χ0n) is 18.2. The maximum absolute atomic E-state index is 12.7. The molecule has 1 unspecified atom stereocenters. The second-order valence-electron chi connectivity index (χ2n) is 8.74. The molecule has 1 aromatic heterocycles. The van der Waals surface area contributed by atoms with E-state index in [-0.39, 0.29) is 17.7 Å². The molecule has 0 spiro atoms. The van der Waals surface area contributed by atoms with Crippen molar-refractivity contribution < 1.29 is 27.4 Å². The molecule has 0 saturated carbocycles. The molecule has 1 atom stereocenters. The number of aryl methyl sites for hydroxylation is 1. The predicted molar refractivity (Wildman–Crippen MR) is 113 cm³/mol. The molecule has 2 N–H and O–H groups in total. The third-order valence-electron chi connectivity index (χ3n) is 5.03. The average molecular weight is 439 g/mol. The molecule has 0 aliphatic carbocycles. The van der Waals surface area contributed by atoms with Gasteiger partial charge in [-0.05, 0) is 41.7 Å². The Morgan fingerprint density at radius 3 is 2.55 bits per heavy atom. The average Bonchev–Trinajstić information content (AvgIpc) is 2.69. The van der Waals surface area contributed by atoms with Crippen molar-refractivity contribution in [1.82, 2.24) is 10.3 Å². The van der Waals surface area contributed by atoms with Crippen LogP contribution in [0.1, 0.15) is 42.4 Å². The Morgan fingerprint density at radius 2 is 1.94 bits per heavy atom. The lowest BCUT2D eigenvalue weighted by molar-refractivity contribution is -0.115. The molecule has 2 aromatic rings. The van der Waals surface area contributed by atoms with Crippen LogP contribution in [0.25, 0.3) is 10.9 Å². The monoisotopic (exact) mass is 439 g/mol. The highest BCUT2D eigenvalue weighted by Gasteiger charge is 2.28. The van der Waals surface area contributed by atoms with E-state index >= 15 is 0 Å². The lowest BCUT2D eigenvalue weighted by atomic mass is 9.84. The Balaban J connectivity index is 1.92. The van der Waals surface area contributed by atoms with Crippen molar-refractivity contribution in [2.24, 2.45) is 0 Å². The number of fused-ring (bicyclic) bond motifs is 1. The van der Waals surface area contributed by atoms with Gasteiger partial charge in [0.2, 0.25) is 0 Å². The number of amides is 1. The molecule has 170 valence electrons. The standard InChI is InChI=1S/C22H28F3N3O3/c1-13-7-18(20(29)26-10-15-11-30-5-6-31-15)28-19-16(13)8-14(27-12-22(23,24)25)9-17(19)21(2,3)4/h7-9,15,27H,5-6,10-12H2,1-4H3,(H,26,29). The molecular weight excluding hydrogens is 411 g/mol. The molecule has 1 saturated heterocycles. The van der Waals surface area contributed by atoms with E-state index < -0.39 is 18.1 Å². The summed E-state index contributed by atoms with van der Waals surface area (Å²) >= 11 is 0. The number of alkyl halides is 3. The van der Waals surface area contributed by atoms with Gasteiger partial charge in [-0.3, -0.25) is 4.79 Å². The van der Waals surface area contributed by atoms with E-state index in [4.69, 9.17) is 9.47 Å². The zero-order chi connectivity index (χ0) is 22.8. The molecule has 1 fully saturated rings. The van der Waals surface area contributed by atoms with Gasteiger partial charge >= 0.3 is 6.18 Å². The Hall–Kier alpha value is -2.39. The van der Waals surface area contributed by atoms with Crippen molar-refractivity contribution in [3.05, 3.63) is 35.0 Å². The molecule has 2 heterocycles. The number of nitrogens with zero attached hydrogens (tertiary/aromatic N) is 1. The number of aromatic nitrogens is 1. The van der Waals surface area contributed by atoms with Gasteiger partial charge in [0.05, 0.1) is 31.4 Å². The number of carbonyl (C=O) groups is 1. The number of hydrogen-bond acceptors (Lipinski definition) is 5. The molecule has 1 amide bonds. The fourth-order valence-electron chi connectivity index (χ4n) is 3.43. The number of nitrogens with one attached hydrogen (secondary N) is 2. The molecule has 9 heteroatoms. The number of halogens is 3. The first-order valence-electron chi connectivity index (χ1n) is 10.2. The van der Waals surface area contributed by atoms with E-state index in [9.17, 15) is 18.0 Å². The summed E-state index contributed by atoms with van der Waals surface area (Å²) in [5, 5.41) is 5.98. The minimum atomic E-state index is -4.32. The van der Waals surface area contributed by atoms with Crippen molar-refractivity contribution in [2.75, 3.05) is 38.2 Å². The minimum absolute atomic E-state index is 0.202. The van der Waals surface area contributed by atoms with Gasteiger partial charge in [-0.25, -0.2) is 4.98 Å².